The number of rotatable bonds is 10. The van der Waals surface area contributed by atoms with Crippen LogP contribution in [0.15, 0.2) is 36.4 Å². The van der Waals surface area contributed by atoms with Crippen molar-refractivity contribution in [3.05, 3.63) is 59.4 Å². The number of nitrogens with zero attached hydrogens (tertiary/aromatic N) is 2. The van der Waals surface area contributed by atoms with Crippen molar-refractivity contribution >= 4 is 17.9 Å². The first-order valence-corrected chi connectivity index (χ1v) is 11.7. The van der Waals surface area contributed by atoms with E-state index < -0.39 is 11.9 Å². The molecular formula is C26H31F2N3O4. The van der Waals surface area contributed by atoms with Gasteiger partial charge in [0, 0.05) is 31.3 Å². The van der Waals surface area contributed by atoms with Crippen molar-refractivity contribution in [2.24, 2.45) is 5.92 Å². The van der Waals surface area contributed by atoms with Gasteiger partial charge in [-0.25, -0.2) is 0 Å². The summed E-state index contributed by atoms with van der Waals surface area (Å²) in [6.07, 6.45) is 7.14. The van der Waals surface area contributed by atoms with Gasteiger partial charge in [-0.15, -0.1) is 0 Å². The van der Waals surface area contributed by atoms with E-state index in [1.165, 1.54) is 18.2 Å². The summed E-state index contributed by atoms with van der Waals surface area (Å²) in [7, 11) is 3.08. The summed E-state index contributed by atoms with van der Waals surface area (Å²) in [5.41, 5.74) is 0.509. The summed E-state index contributed by atoms with van der Waals surface area (Å²) in [5, 5.41) is 2.76. The van der Waals surface area contributed by atoms with Crippen molar-refractivity contribution in [2.45, 2.75) is 32.1 Å². The highest BCUT2D eigenvalue weighted by Crippen LogP contribution is 2.31. The number of unbranched alkanes of at least 4 members (excludes halogenated alkanes) is 1. The zero-order valence-corrected chi connectivity index (χ0v) is 20.1. The van der Waals surface area contributed by atoms with Crippen LogP contribution in [0.4, 0.5) is 8.78 Å². The number of hydrogen-bond acceptors (Lipinski definition) is 5. The van der Waals surface area contributed by atoms with Gasteiger partial charge in [0.25, 0.3) is 5.91 Å². The van der Waals surface area contributed by atoms with E-state index in [0.29, 0.717) is 42.6 Å². The van der Waals surface area contributed by atoms with E-state index in [2.05, 4.69) is 10.3 Å². The molecule has 0 radical (unpaired) electrons. The molecule has 188 valence electrons. The molecule has 35 heavy (non-hydrogen) atoms. The number of piperidine rings is 1. The third kappa shape index (κ3) is 7.24. The number of carbonyl (C=O) groups excluding carboxylic acids is 2. The number of hydrogen-bond donors (Lipinski definition) is 1. The molecule has 1 aromatic heterocycles. The lowest BCUT2D eigenvalue weighted by Gasteiger charge is -2.32. The number of halogens is 2. The van der Waals surface area contributed by atoms with Crippen molar-refractivity contribution in [1.82, 2.24) is 15.2 Å². The Morgan fingerprint density at radius 3 is 2.40 bits per heavy atom. The van der Waals surface area contributed by atoms with Gasteiger partial charge in [-0.3, -0.25) is 9.59 Å². The fourth-order valence-corrected chi connectivity index (χ4v) is 4.19. The van der Waals surface area contributed by atoms with Crippen LogP contribution < -0.4 is 14.8 Å². The number of nitrogens with one attached hydrogen (secondary N) is 1. The summed E-state index contributed by atoms with van der Waals surface area (Å²) in [5.74, 6) is -0.733. The Balaban J connectivity index is 1.36. The number of carbonyl (C=O) groups is 2. The average Bonchev–Trinajstić information content (AvgIpc) is 2.87. The highest BCUT2D eigenvalue weighted by molar-refractivity contribution is 5.99. The Kier molecular flexibility index (Phi) is 9.57. The zero-order chi connectivity index (χ0) is 25.2. The van der Waals surface area contributed by atoms with Gasteiger partial charge < -0.3 is 19.7 Å². The minimum Gasteiger partial charge on any atom is -0.496 e. The van der Waals surface area contributed by atoms with E-state index in [1.54, 1.807) is 32.4 Å². The van der Waals surface area contributed by atoms with Crippen LogP contribution in [0.5, 0.6) is 11.5 Å². The fraction of sp³-hybridized carbons (Fsp3) is 0.423. The standard InChI is InChI=1S/C26H31F2N3O4/c1-34-20-7-5-8-21(35-2)24(20)26(33)31-16-13-18(14-17-31)6-3-4-15-29-23(32)12-10-19-9-11-22(27)30-25(19)28/h5,7-12,18H,3-4,6,13-17H2,1-2H3,(H,29,32)/b12-10+. The summed E-state index contributed by atoms with van der Waals surface area (Å²) in [4.78, 5) is 29.9. The van der Waals surface area contributed by atoms with Crippen molar-refractivity contribution < 1.29 is 27.8 Å². The van der Waals surface area contributed by atoms with Crippen LogP contribution in [0.1, 0.15) is 48.0 Å². The first-order chi connectivity index (χ1) is 16.9. The molecule has 7 nitrogen and oxygen atoms in total. The Bertz CT molecular complexity index is 1030. The van der Waals surface area contributed by atoms with Gasteiger partial charge in [0.1, 0.15) is 17.1 Å². The summed E-state index contributed by atoms with van der Waals surface area (Å²) in [6.45, 7) is 1.88. The Morgan fingerprint density at radius 1 is 1.09 bits per heavy atom. The van der Waals surface area contributed by atoms with E-state index in [4.69, 9.17) is 9.47 Å². The molecule has 0 bridgehead atoms. The predicted molar refractivity (Wildman–Crippen MR) is 128 cm³/mol. The number of aromatic nitrogens is 1. The third-order valence-corrected chi connectivity index (χ3v) is 6.14. The smallest absolute Gasteiger partial charge is 0.261 e. The third-order valence-electron chi connectivity index (χ3n) is 6.14. The second kappa shape index (κ2) is 12.8. The quantitative estimate of drug-likeness (QED) is 0.308. The maximum atomic E-state index is 13.5. The molecule has 1 fully saturated rings. The highest BCUT2D eigenvalue weighted by atomic mass is 19.1. The second-order valence-electron chi connectivity index (χ2n) is 8.41. The molecular weight excluding hydrogens is 456 g/mol. The first-order valence-electron chi connectivity index (χ1n) is 11.7. The average molecular weight is 488 g/mol. The van der Waals surface area contributed by atoms with Crippen LogP contribution in [0.3, 0.4) is 0 Å². The molecule has 1 aliphatic heterocycles. The van der Waals surface area contributed by atoms with Crippen molar-refractivity contribution in [2.75, 3.05) is 33.9 Å². The molecule has 1 aromatic carbocycles. The normalized spacial score (nSPS) is 14.2. The Labute approximate surface area is 204 Å². The van der Waals surface area contributed by atoms with Gasteiger partial charge in [-0.2, -0.15) is 13.8 Å². The molecule has 0 atom stereocenters. The summed E-state index contributed by atoms with van der Waals surface area (Å²) >= 11 is 0. The van der Waals surface area contributed by atoms with Gasteiger partial charge in [0.2, 0.25) is 17.8 Å². The molecule has 0 spiro atoms. The molecule has 2 aromatic rings. The summed E-state index contributed by atoms with van der Waals surface area (Å²) in [6, 6.07) is 7.58. The molecule has 9 heteroatoms. The van der Waals surface area contributed by atoms with Gasteiger partial charge in [-0.05, 0) is 55.5 Å². The molecule has 2 heterocycles. The number of likely N-dealkylation sites (tertiary alicyclic amines) is 1. The molecule has 0 unspecified atom stereocenters. The second-order valence-corrected chi connectivity index (χ2v) is 8.41. The van der Waals surface area contributed by atoms with Crippen LogP contribution in [0.25, 0.3) is 6.08 Å². The highest BCUT2D eigenvalue weighted by Gasteiger charge is 2.27. The topological polar surface area (TPSA) is 80.8 Å². The van der Waals surface area contributed by atoms with Crippen LogP contribution in [-0.4, -0.2) is 55.6 Å². The molecule has 1 N–H and O–H groups in total. The molecule has 3 rings (SSSR count). The largest absolute Gasteiger partial charge is 0.496 e. The Morgan fingerprint density at radius 2 is 1.77 bits per heavy atom. The number of pyridine rings is 1. The summed E-state index contributed by atoms with van der Waals surface area (Å²) < 4.78 is 37.0. The number of methoxy groups -OCH3 is 2. The van der Waals surface area contributed by atoms with E-state index in [0.717, 1.165) is 38.2 Å². The van der Waals surface area contributed by atoms with E-state index in [9.17, 15) is 18.4 Å². The van der Waals surface area contributed by atoms with Gasteiger partial charge in [0.15, 0.2) is 0 Å². The SMILES string of the molecule is COc1cccc(OC)c1C(=O)N1CCC(CCCCNC(=O)/C=C/c2ccc(F)nc2F)CC1. The number of amides is 2. The van der Waals surface area contributed by atoms with Gasteiger partial charge >= 0.3 is 0 Å². The monoisotopic (exact) mass is 487 g/mol. The number of benzene rings is 1. The van der Waals surface area contributed by atoms with E-state index in [-0.39, 0.29) is 17.4 Å². The van der Waals surface area contributed by atoms with Crippen LogP contribution in [-0.2, 0) is 4.79 Å². The lowest BCUT2D eigenvalue weighted by Crippen LogP contribution is -2.38. The Hall–Kier alpha value is -3.49. The van der Waals surface area contributed by atoms with Crippen molar-refractivity contribution in [3.8, 4) is 11.5 Å². The van der Waals surface area contributed by atoms with Gasteiger partial charge in [0.05, 0.1) is 14.2 Å². The maximum Gasteiger partial charge on any atom is 0.261 e. The molecule has 1 saturated heterocycles. The van der Waals surface area contributed by atoms with E-state index >= 15 is 0 Å². The minimum atomic E-state index is -0.955. The lowest BCUT2D eigenvalue weighted by atomic mass is 9.91. The molecule has 0 aliphatic carbocycles. The predicted octanol–water partition coefficient (Wildman–Crippen LogP) is 4.23. The maximum absolute atomic E-state index is 13.5. The van der Waals surface area contributed by atoms with Crippen LogP contribution in [0, 0.1) is 17.8 Å². The lowest BCUT2D eigenvalue weighted by molar-refractivity contribution is -0.116. The number of ether oxygens (including phenoxy) is 2. The van der Waals surface area contributed by atoms with Crippen molar-refractivity contribution in [3.63, 3.8) is 0 Å². The first kappa shape index (κ1) is 26.1. The van der Waals surface area contributed by atoms with Gasteiger partial charge in [-0.1, -0.05) is 18.9 Å². The van der Waals surface area contributed by atoms with Crippen LogP contribution in [0.2, 0.25) is 0 Å². The molecule has 2 amide bonds. The zero-order valence-electron chi connectivity index (χ0n) is 20.1. The minimum absolute atomic E-state index is 0.0514. The van der Waals surface area contributed by atoms with E-state index in [1.807, 2.05) is 4.90 Å². The molecule has 1 aliphatic rings. The van der Waals surface area contributed by atoms with Crippen molar-refractivity contribution in [1.29, 1.82) is 0 Å². The fourth-order valence-electron chi connectivity index (χ4n) is 4.19. The van der Waals surface area contributed by atoms with Crippen LogP contribution >= 0.6 is 0 Å². The molecule has 0 saturated carbocycles.